The summed E-state index contributed by atoms with van der Waals surface area (Å²) < 4.78 is 0. The average molecular weight is 754 g/mol. The number of benzene rings is 8. The SMILES string of the molecule is C1=CCC(c2ccccc2-c2ccc(N(c3cccc(C4=Cc5ccccc5C5C=CC=CC45)c3)c3cccc(-c4cc5ccccc5c5ccccc45)c3)cc2)C=C1. The summed E-state index contributed by atoms with van der Waals surface area (Å²) in [5.41, 5.74) is 15.0. The first-order valence-electron chi connectivity index (χ1n) is 20.9. The molecule has 1 nitrogen and oxygen atoms in total. The third-order valence-corrected chi connectivity index (χ3v) is 12.6. The van der Waals surface area contributed by atoms with Gasteiger partial charge in [0.05, 0.1) is 0 Å². The first kappa shape index (κ1) is 35.0. The third kappa shape index (κ3) is 6.37. The summed E-state index contributed by atoms with van der Waals surface area (Å²) in [4.78, 5) is 2.44. The van der Waals surface area contributed by atoms with Gasteiger partial charge in [0.15, 0.2) is 0 Å². The van der Waals surface area contributed by atoms with Gasteiger partial charge in [-0.3, -0.25) is 0 Å². The van der Waals surface area contributed by atoms with Crippen LogP contribution in [0, 0.1) is 5.92 Å². The number of nitrogens with zero attached hydrogens (tertiary/aromatic N) is 1. The van der Waals surface area contributed by atoms with Crippen molar-refractivity contribution in [2.75, 3.05) is 4.90 Å². The molecule has 8 aromatic rings. The minimum atomic E-state index is 0.275. The Morgan fingerprint density at radius 2 is 1.07 bits per heavy atom. The van der Waals surface area contributed by atoms with Crippen molar-refractivity contribution < 1.29 is 0 Å². The zero-order valence-corrected chi connectivity index (χ0v) is 32.8. The maximum absolute atomic E-state index is 2.44. The molecule has 280 valence electrons. The Hall–Kier alpha value is -7.22. The number of anilines is 3. The largest absolute Gasteiger partial charge is 0.310 e. The second-order valence-electron chi connectivity index (χ2n) is 16.0. The van der Waals surface area contributed by atoms with Gasteiger partial charge in [0.1, 0.15) is 0 Å². The molecule has 0 fully saturated rings. The first-order valence-corrected chi connectivity index (χ1v) is 20.9. The van der Waals surface area contributed by atoms with Gasteiger partial charge in [0.25, 0.3) is 0 Å². The zero-order valence-electron chi connectivity index (χ0n) is 32.8. The van der Waals surface area contributed by atoms with Crippen LogP contribution in [0.3, 0.4) is 0 Å². The molecule has 3 aliphatic carbocycles. The lowest BCUT2D eigenvalue weighted by Gasteiger charge is -2.33. The highest BCUT2D eigenvalue weighted by Gasteiger charge is 2.30. The van der Waals surface area contributed by atoms with E-state index in [2.05, 4.69) is 236 Å². The van der Waals surface area contributed by atoms with Crippen molar-refractivity contribution in [3.8, 4) is 22.3 Å². The van der Waals surface area contributed by atoms with Crippen LogP contribution < -0.4 is 4.90 Å². The maximum atomic E-state index is 2.44. The Morgan fingerprint density at radius 3 is 1.88 bits per heavy atom. The summed E-state index contributed by atoms with van der Waals surface area (Å²) in [5.74, 6) is 0.969. The van der Waals surface area contributed by atoms with Crippen molar-refractivity contribution in [1.82, 2.24) is 0 Å². The summed E-state index contributed by atoms with van der Waals surface area (Å²) in [7, 11) is 0. The van der Waals surface area contributed by atoms with Gasteiger partial charge in [0, 0.05) is 34.8 Å². The molecule has 0 heterocycles. The summed E-state index contributed by atoms with van der Waals surface area (Å²) in [6, 6.07) is 65.2. The van der Waals surface area contributed by atoms with Crippen LogP contribution in [-0.4, -0.2) is 0 Å². The summed E-state index contributed by atoms with van der Waals surface area (Å²) >= 11 is 0. The van der Waals surface area contributed by atoms with E-state index in [0.29, 0.717) is 11.8 Å². The molecule has 0 radical (unpaired) electrons. The predicted molar refractivity (Wildman–Crippen MR) is 251 cm³/mol. The molecule has 11 rings (SSSR count). The fourth-order valence-electron chi connectivity index (χ4n) is 9.75. The molecular formula is C58H43N. The molecule has 0 saturated carbocycles. The standard InChI is InChI=1S/C58H43N/c1-2-16-40(17-3-1)49-24-8-9-25-50(49)41-32-34-46(35-33-41)59(47-22-14-20-42(36-47)57-38-44-18-4-6-26-51(44)53-28-10-12-30-55(53)57)48-23-15-21-43(37-48)58-39-45-19-5-7-27-52(45)54-29-11-13-31-56(54)58/h1-16,18-40,53,55H,17H2. The Morgan fingerprint density at radius 1 is 0.407 bits per heavy atom. The van der Waals surface area contributed by atoms with Gasteiger partial charge < -0.3 is 4.90 Å². The molecule has 0 aromatic heterocycles. The van der Waals surface area contributed by atoms with Crippen LogP contribution in [0.1, 0.15) is 40.5 Å². The predicted octanol–water partition coefficient (Wildman–Crippen LogP) is 15.8. The lowest BCUT2D eigenvalue weighted by Crippen LogP contribution is -2.18. The molecule has 0 bridgehead atoms. The lowest BCUT2D eigenvalue weighted by molar-refractivity contribution is 0.709. The van der Waals surface area contributed by atoms with Crippen molar-refractivity contribution in [3.05, 3.63) is 247 Å². The quantitative estimate of drug-likeness (QED) is 0.147. The van der Waals surface area contributed by atoms with Gasteiger partial charge in [-0.05, 0) is 121 Å². The van der Waals surface area contributed by atoms with E-state index < -0.39 is 0 Å². The van der Waals surface area contributed by atoms with Crippen molar-refractivity contribution in [3.63, 3.8) is 0 Å². The lowest BCUT2D eigenvalue weighted by atomic mass is 9.71. The molecule has 0 saturated heterocycles. The number of rotatable bonds is 7. The van der Waals surface area contributed by atoms with Gasteiger partial charge in [-0.2, -0.15) is 0 Å². The van der Waals surface area contributed by atoms with Crippen molar-refractivity contribution in [1.29, 1.82) is 0 Å². The number of hydrogen-bond donors (Lipinski definition) is 0. The zero-order chi connectivity index (χ0) is 39.1. The third-order valence-electron chi connectivity index (χ3n) is 12.6. The fraction of sp³-hybridized carbons (Fsp3) is 0.0690. The minimum absolute atomic E-state index is 0.275. The Balaban J connectivity index is 1.06. The van der Waals surface area contributed by atoms with Crippen LogP contribution in [0.15, 0.2) is 225 Å². The second kappa shape index (κ2) is 14.9. The van der Waals surface area contributed by atoms with Crippen LogP contribution in [0.4, 0.5) is 17.1 Å². The Labute approximate surface area is 346 Å². The Kier molecular flexibility index (Phi) is 8.86. The van der Waals surface area contributed by atoms with Crippen LogP contribution >= 0.6 is 0 Å². The molecule has 0 aliphatic heterocycles. The topological polar surface area (TPSA) is 3.24 Å². The number of fused-ring (bicyclic) bond motifs is 6. The maximum Gasteiger partial charge on any atom is 0.0467 e. The van der Waals surface area contributed by atoms with Crippen molar-refractivity contribution in [2.45, 2.75) is 18.3 Å². The molecule has 0 N–H and O–H groups in total. The van der Waals surface area contributed by atoms with Crippen LogP contribution in [0.25, 0.3) is 55.4 Å². The average Bonchev–Trinajstić information content (AvgIpc) is 3.32. The molecule has 3 atom stereocenters. The monoisotopic (exact) mass is 753 g/mol. The van der Waals surface area contributed by atoms with Crippen molar-refractivity contribution in [2.24, 2.45) is 5.92 Å². The molecule has 3 unspecified atom stereocenters. The van der Waals surface area contributed by atoms with Crippen LogP contribution in [0.5, 0.6) is 0 Å². The van der Waals surface area contributed by atoms with E-state index in [1.807, 2.05) is 0 Å². The molecule has 0 amide bonds. The molecule has 8 aromatic carbocycles. The molecule has 1 heteroatoms. The normalized spacial score (nSPS) is 17.8. The minimum Gasteiger partial charge on any atom is -0.310 e. The number of allylic oxidation sites excluding steroid dienone is 9. The summed E-state index contributed by atoms with van der Waals surface area (Å²) in [5, 5.41) is 5.07. The van der Waals surface area contributed by atoms with Gasteiger partial charge >= 0.3 is 0 Å². The van der Waals surface area contributed by atoms with Crippen LogP contribution in [-0.2, 0) is 0 Å². The van der Waals surface area contributed by atoms with E-state index in [0.717, 1.165) is 23.5 Å². The molecule has 0 spiro atoms. The second-order valence-corrected chi connectivity index (χ2v) is 16.0. The Bertz CT molecular complexity index is 3040. The van der Waals surface area contributed by atoms with Gasteiger partial charge in [-0.1, -0.05) is 188 Å². The first-order chi connectivity index (χ1) is 29.3. The van der Waals surface area contributed by atoms with Gasteiger partial charge in [-0.15, -0.1) is 0 Å². The highest BCUT2D eigenvalue weighted by atomic mass is 15.1. The van der Waals surface area contributed by atoms with E-state index in [1.165, 1.54) is 71.6 Å². The van der Waals surface area contributed by atoms with E-state index in [4.69, 9.17) is 0 Å². The summed E-state index contributed by atoms with van der Waals surface area (Å²) in [6.07, 6.45) is 21.5. The van der Waals surface area contributed by atoms with E-state index >= 15 is 0 Å². The van der Waals surface area contributed by atoms with E-state index in [1.54, 1.807) is 0 Å². The highest BCUT2D eigenvalue weighted by molar-refractivity contribution is 6.14. The molecule has 59 heavy (non-hydrogen) atoms. The molecular weight excluding hydrogens is 711 g/mol. The van der Waals surface area contributed by atoms with Gasteiger partial charge in [-0.25, -0.2) is 0 Å². The van der Waals surface area contributed by atoms with Crippen molar-refractivity contribution >= 4 is 50.3 Å². The smallest absolute Gasteiger partial charge is 0.0467 e. The number of hydrogen-bond acceptors (Lipinski definition) is 1. The van der Waals surface area contributed by atoms with E-state index in [-0.39, 0.29) is 5.92 Å². The molecule has 3 aliphatic rings. The fourth-order valence-corrected chi connectivity index (χ4v) is 9.75. The highest BCUT2D eigenvalue weighted by Crippen LogP contribution is 2.47. The summed E-state index contributed by atoms with van der Waals surface area (Å²) in [6.45, 7) is 0. The van der Waals surface area contributed by atoms with Crippen LogP contribution in [0.2, 0.25) is 0 Å². The van der Waals surface area contributed by atoms with E-state index in [9.17, 15) is 0 Å². The van der Waals surface area contributed by atoms with Gasteiger partial charge in [0.2, 0.25) is 0 Å².